The molecule has 4 rings (SSSR count). The van der Waals surface area contributed by atoms with Gasteiger partial charge < -0.3 is 14.1 Å². The number of nitrogens with zero attached hydrogens (tertiary/aromatic N) is 2. The maximum Gasteiger partial charge on any atom is 0.311 e. The molecule has 1 amide bonds. The zero-order chi connectivity index (χ0) is 18.3. The van der Waals surface area contributed by atoms with E-state index in [9.17, 15) is 9.59 Å². The van der Waals surface area contributed by atoms with Gasteiger partial charge >= 0.3 is 5.97 Å². The molecule has 6 nitrogen and oxygen atoms in total. The van der Waals surface area contributed by atoms with E-state index >= 15 is 0 Å². The molecule has 132 valence electrons. The van der Waals surface area contributed by atoms with Crippen molar-refractivity contribution in [3.63, 3.8) is 0 Å². The van der Waals surface area contributed by atoms with Gasteiger partial charge in [-0.25, -0.2) is 4.98 Å². The van der Waals surface area contributed by atoms with E-state index in [1.807, 2.05) is 43.3 Å². The lowest BCUT2D eigenvalue weighted by Crippen LogP contribution is -2.26. The molecule has 1 fully saturated rings. The van der Waals surface area contributed by atoms with E-state index in [4.69, 9.17) is 9.15 Å². The number of hydrogen-bond acceptors (Lipinski definition) is 5. The maximum absolute atomic E-state index is 12.3. The van der Waals surface area contributed by atoms with Crippen molar-refractivity contribution in [3.05, 3.63) is 48.0 Å². The van der Waals surface area contributed by atoms with Crippen molar-refractivity contribution in [2.24, 2.45) is 5.92 Å². The third kappa shape index (κ3) is 2.83. The molecular weight excluding hydrogens is 332 g/mol. The van der Waals surface area contributed by atoms with Gasteiger partial charge in [0, 0.05) is 24.2 Å². The van der Waals surface area contributed by atoms with Crippen LogP contribution in [-0.2, 0) is 14.3 Å². The smallest absolute Gasteiger partial charge is 0.311 e. The lowest BCUT2D eigenvalue weighted by molar-refractivity contribution is -0.145. The number of anilines is 1. The SMILES string of the molecule is COC(=O)C1CC(=O)N(c2ccc3oc(-c4ccc(C)cc4)nc3c2)C1. The number of aromatic nitrogens is 1. The Morgan fingerprint density at radius 3 is 2.73 bits per heavy atom. The van der Waals surface area contributed by atoms with Gasteiger partial charge in [0.05, 0.1) is 13.0 Å². The van der Waals surface area contributed by atoms with Gasteiger partial charge in [-0.3, -0.25) is 9.59 Å². The summed E-state index contributed by atoms with van der Waals surface area (Å²) >= 11 is 0. The summed E-state index contributed by atoms with van der Waals surface area (Å²) < 4.78 is 10.6. The molecule has 0 saturated carbocycles. The number of amides is 1. The summed E-state index contributed by atoms with van der Waals surface area (Å²) in [6.45, 7) is 2.34. The van der Waals surface area contributed by atoms with E-state index in [1.54, 1.807) is 11.0 Å². The number of rotatable bonds is 3. The molecule has 1 aliphatic rings. The topological polar surface area (TPSA) is 72.6 Å². The van der Waals surface area contributed by atoms with Crippen LogP contribution in [0.4, 0.5) is 5.69 Å². The number of carbonyl (C=O) groups is 2. The van der Waals surface area contributed by atoms with Gasteiger partial charge in [0.2, 0.25) is 11.8 Å². The van der Waals surface area contributed by atoms with Crippen molar-refractivity contribution in [2.75, 3.05) is 18.6 Å². The first-order valence-corrected chi connectivity index (χ1v) is 8.41. The van der Waals surface area contributed by atoms with Crippen LogP contribution < -0.4 is 4.90 Å². The van der Waals surface area contributed by atoms with E-state index in [0.29, 0.717) is 29.2 Å². The first-order valence-electron chi connectivity index (χ1n) is 8.41. The first kappa shape index (κ1) is 16.3. The van der Waals surface area contributed by atoms with Crippen LogP contribution in [-0.4, -0.2) is 30.5 Å². The van der Waals surface area contributed by atoms with Crippen LogP contribution in [0.1, 0.15) is 12.0 Å². The fraction of sp³-hybridized carbons (Fsp3) is 0.250. The van der Waals surface area contributed by atoms with E-state index < -0.39 is 5.92 Å². The molecule has 0 bridgehead atoms. The number of hydrogen-bond donors (Lipinski definition) is 0. The molecule has 26 heavy (non-hydrogen) atoms. The molecule has 1 unspecified atom stereocenters. The van der Waals surface area contributed by atoms with Crippen LogP contribution in [0.25, 0.3) is 22.6 Å². The monoisotopic (exact) mass is 350 g/mol. The summed E-state index contributed by atoms with van der Waals surface area (Å²) in [5, 5.41) is 0. The van der Waals surface area contributed by atoms with Crippen LogP contribution in [0.5, 0.6) is 0 Å². The zero-order valence-corrected chi connectivity index (χ0v) is 14.6. The fourth-order valence-corrected chi connectivity index (χ4v) is 3.18. The largest absolute Gasteiger partial charge is 0.469 e. The number of ether oxygens (including phenoxy) is 1. The van der Waals surface area contributed by atoms with E-state index in [-0.39, 0.29) is 18.3 Å². The molecular formula is C20H18N2O4. The summed E-state index contributed by atoms with van der Waals surface area (Å²) in [7, 11) is 1.34. The fourth-order valence-electron chi connectivity index (χ4n) is 3.18. The van der Waals surface area contributed by atoms with Crippen LogP contribution in [0.2, 0.25) is 0 Å². The van der Waals surface area contributed by atoms with E-state index in [0.717, 1.165) is 5.56 Å². The highest BCUT2D eigenvalue weighted by atomic mass is 16.5. The Labute approximate surface area is 150 Å². The lowest BCUT2D eigenvalue weighted by Gasteiger charge is -2.16. The van der Waals surface area contributed by atoms with Gasteiger partial charge in [-0.05, 0) is 37.3 Å². The second kappa shape index (κ2) is 6.29. The molecule has 1 aliphatic heterocycles. The zero-order valence-electron chi connectivity index (χ0n) is 14.6. The first-order chi connectivity index (χ1) is 12.5. The van der Waals surface area contributed by atoms with Crippen LogP contribution in [0.3, 0.4) is 0 Å². The van der Waals surface area contributed by atoms with Crippen LogP contribution in [0.15, 0.2) is 46.9 Å². The van der Waals surface area contributed by atoms with Crippen molar-refractivity contribution in [1.82, 2.24) is 4.98 Å². The Balaban J connectivity index is 1.65. The minimum Gasteiger partial charge on any atom is -0.469 e. The molecule has 0 N–H and O–H groups in total. The van der Waals surface area contributed by atoms with Crippen molar-refractivity contribution in [3.8, 4) is 11.5 Å². The Morgan fingerprint density at radius 1 is 1.23 bits per heavy atom. The lowest BCUT2D eigenvalue weighted by atomic mass is 10.1. The molecule has 0 radical (unpaired) electrons. The summed E-state index contributed by atoms with van der Waals surface area (Å²) in [5.74, 6) is -0.340. The van der Waals surface area contributed by atoms with Gasteiger partial charge in [-0.2, -0.15) is 0 Å². The number of oxazole rings is 1. The number of esters is 1. The Hall–Kier alpha value is -3.15. The van der Waals surface area contributed by atoms with Crippen molar-refractivity contribution < 1.29 is 18.7 Å². The predicted molar refractivity (Wildman–Crippen MR) is 96.7 cm³/mol. The normalized spacial score (nSPS) is 17.1. The molecule has 1 aromatic heterocycles. The average Bonchev–Trinajstić information content (AvgIpc) is 3.24. The third-order valence-electron chi connectivity index (χ3n) is 4.64. The highest BCUT2D eigenvalue weighted by Crippen LogP contribution is 2.31. The van der Waals surface area contributed by atoms with Gasteiger partial charge in [-0.15, -0.1) is 0 Å². The van der Waals surface area contributed by atoms with Crippen LogP contribution in [0, 0.1) is 12.8 Å². The molecule has 1 saturated heterocycles. The highest BCUT2D eigenvalue weighted by molar-refractivity contribution is 6.00. The summed E-state index contributed by atoms with van der Waals surface area (Å²) in [4.78, 5) is 30.1. The molecule has 1 atom stereocenters. The molecule has 2 heterocycles. The van der Waals surface area contributed by atoms with Gasteiger partial charge in [0.1, 0.15) is 5.52 Å². The second-order valence-corrected chi connectivity index (χ2v) is 6.47. The minimum atomic E-state index is -0.427. The second-order valence-electron chi connectivity index (χ2n) is 6.47. The summed E-state index contributed by atoms with van der Waals surface area (Å²) in [6.07, 6.45) is 0.165. The minimum absolute atomic E-state index is 0.0954. The van der Waals surface area contributed by atoms with Gasteiger partial charge in [-0.1, -0.05) is 17.7 Å². The summed E-state index contributed by atoms with van der Waals surface area (Å²) in [6, 6.07) is 13.4. The number of methoxy groups -OCH3 is 1. The van der Waals surface area contributed by atoms with E-state index in [1.165, 1.54) is 12.7 Å². The Kier molecular flexibility index (Phi) is 3.95. The standard InChI is InChI=1S/C20H18N2O4/c1-12-3-5-13(6-4-12)19-21-16-10-15(7-8-17(16)26-19)22-11-14(9-18(22)23)20(24)25-2/h3-8,10,14H,9,11H2,1-2H3. The summed E-state index contributed by atoms with van der Waals surface area (Å²) in [5.41, 5.74) is 4.10. The number of carbonyl (C=O) groups excluding carboxylic acids is 2. The van der Waals surface area contributed by atoms with Crippen molar-refractivity contribution >= 4 is 28.7 Å². The quantitative estimate of drug-likeness (QED) is 0.678. The third-order valence-corrected chi connectivity index (χ3v) is 4.64. The van der Waals surface area contributed by atoms with Crippen LogP contribution >= 0.6 is 0 Å². The maximum atomic E-state index is 12.3. The number of fused-ring (bicyclic) bond motifs is 1. The molecule has 6 heteroatoms. The molecule has 0 aliphatic carbocycles. The average molecular weight is 350 g/mol. The Bertz CT molecular complexity index is 991. The van der Waals surface area contributed by atoms with Gasteiger partial charge in [0.15, 0.2) is 5.58 Å². The number of benzene rings is 2. The number of aryl methyl sites for hydroxylation is 1. The molecule has 2 aromatic carbocycles. The van der Waals surface area contributed by atoms with Crippen molar-refractivity contribution in [1.29, 1.82) is 0 Å². The highest BCUT2D eigenvalue weighted by Gasteiger charge is 2.36. The van der Waals surface area contributed by atoms with E-state index in [2.05, 4.69) is 4.98 Å². The van der Waals surface area contributed by atoms with Crippen molar-refractivity contribution in [2.45, 2.75) is 13.3 Å². The Morgan fingerprint density at radius 2 is 2.00 bits per heavy atom. The van der Waals surface area contributed by atoms with Gasteiger partial charge in [0.25, 0.3) is 0 Å². The predicted octanol–water partition coefficient (Wildman–Crippen LogP) is 3.33. The molecule has 3 aromatic rings. The molecule has 0 spiro atoms.